The van der Waals surface area contributed by atoms with Gasteiger partial charge in [0, 0.05) is 72.1 Å². The van der Waals surface area contributed by atoms with E-state index < -0.39 is 17.9 Å². The highest BCUT2D eigenvalue weighted by Gasteiger charge is 2.21. The topological polar surface area (TPSA) is 163 Å². The molecule has 0 saturated carbocycles. The van der Waals surface area contributed by atoms with Crippen molar-refractivity contribution < 1.29 is 39.2 Å². The molecule has 0 aliphatic carbocycles. The van der Waals surface area contributed by atoms with Crippen LogP contribution in [0.2, 0.25) is 0 Å². The van der Waals surface area contributed by atoms with Crippen LogP contribution in [-0.4, -0.2) is 157 Å². The maximum absolute atomic E-state index is 12.5. The molecule has 0 radical (unpaired) electrons. The summed E-state index contributed by atoms with van der Waals surface area (Å²) in [6, 6.07) is 0. The number of nitrogens with zero attached hydrogens (tertiary/aromatic N) is 4. The summed E-state index contributed by atoms with van der Waals surface area (Å²) >= 11 is 0. The van der Waals surface area contributed by atoms with Gasteiger partial charge in [-0.05, 0) is 12.8 Å². The Balaban J connectivity index is 2.79. The van der Waals surface area contributed by atoms with E-state index in [1.807, 2.05) is 11.8 Å². The second kappa shape index (κ2) is 18.0. The van der Waals surface area contributed by atoms with E-state index >= 15 is 0 Å². The van der Waals surface area contributed by atoms with E-state index in [2.05, 4.69) is 5.32 Å². The lowest BCUT2D eigenvalue weighted by Crippen LogP contribution is -2.49. The maximum atomic E-state index is 12.5. The van der Waals surface area contributed by atoms with Crippen LogP contribution < -0.4 is 5.32 Å². The van der Waals surface area contributed by atoms with Crippen LogP contribution in [0.25, 0.3) is 0 Å². The Hall–Kier alpha value is -2.32. The number of aliphatic carboxylic acids is 3. The molecule has 1 fully saturated rings. The number of carboxylic acids is 3. The molecular weight excluding hydrogens is 462 g/mol. The fourth-order valence-corrected chi connectivity index (χ4v) is 3.69. The minimum Gasteiger partial charge on any atom is -0.480 e. The van der Waals surface area contributed by atoms with E-state index in [-0.39, 0.29) is 32.1 Å². The summed E-state index contributed by atoms with van der Waals surface area (Å²) in [5, 5.41) is 30.6. The number of carbonyl (C=O) groups excluding carboxylic acids is 1. The van der Waals surface area contributed by atoms with Gasteiger partial charge in [-0.2, -0.15) is 0 Å². The molecule has 35 heavy (non-hydrogen) atoms. The molecule has 1 saturated heterocycles. The monoisotopic (exact) mass is 503 g/mol. The molecule has 1 amide bonds. The predicted octanol–water partition coefficient (Wildman–Crippen LogP) is -1.61. The van der Waals surface area contributed by atoms with Gasteiger partial charge in [0.2, 0.25) is 5.91 Å². The maximum Gasteiger partial charge on any atom is 0.317 e. The van der Waals surface area contributed by atoms with Crippen molar-refractivity contribution in [2.75, 3.05) is 98.3 Å². The quantitative estimate of drug-likeness (QED) is 0.201. The Labute approximate surface area is 206 Å². The Morgan fingerprint density at radius 2 is 1.03 bits per heavy atom. The number of nitrogens with one attached hydrogen (secondary N) is 1. The summed E-state index contributed by atoms with van der Waals surface area (Å²) in [6.45, 7) is 6.25. The van der Waals surface area contributed by atoms with E-state index in [9.17, 15) is 34.5 Å². The highest BCUT2D eigenvalue weighted by Crippen LogP contribution is 2.01. The van der Waals surface area contributed by atoms with Gasteiger partial charge >= 0.3 is 17.9 Å². The molecule has 1 aliphatic rings. The Bertz CT molecular complexity index is 634. The second-order valence-electron chi connectivity index (χ2n) is 8.60. The SMILES string of the molecule is CCCOCCCNC(=O)CN1CCN(CC(=O)O)CCN(CC(=O)O)CCN(CC(=O)O)CC1. The fraction of sp³-hybridized carbons (Fsp3) is 0.818. The van der Waals surface area contributed by atoms with Crippen molar-refractivity contribution in [2.24, 2.45) is 0 Å². The molecule has 13 nitrogen and oxygen atoms in total. The average molecular weight is 504 g/mol. The molecular formula is C22H41N5O8. The number of amides is 1. The number of ether oxygens (including phenoxy) is 1. The number of carbonyl (C=O) groups is 4. The van der Waals surface area contributed by atoms with Crippen molar-refractivity contribution in [2.45, 2.75) is 19.8 Å². The minimum absolute atomic E-state index is 0.114. The summed E-state index contributed by atoms with van der Waals surface area (Å²) in [5.74, 6) is -3.12. The predicted molar refractivity (Wildman–Crippen MR) is 127 cm³/mol. The Kier molecular flexibility index (Phi) is 15.8. The van der Waals surface area contributed by atoms with Crippen LogP contribution in [0.1, 0.15) is 19.8 Å². The van der Waals surface area contributed by atoms with E-state index in [0.29, 0.717) is 78.5 Å². The third-order valence-corrected chi connectivity index (χ3v) is 5.51. The zero-order chi connectivity index (χ0) is 26.1. The van der Waals surface area contributed by atoms with Crippen molar-refractivity contribution in [1.29, 1.82) is 0 Å². The molecule has 0 aromatic rings. The Morgan fingerprint density at radius 1 is 0.657 bits per heavy atom. The number of hydrogen-bond donors (Lipinski definition) is 4. The first-order valence-corrected chi connectivity index (χ1v) is 12.1. The molecule has 1 rings (SSSR count). The van der Waals surface area contributed by atoms with Gasteiger partial charge in [0.1, 0.15) is 0 Å². The van der Waals surface area contributed by atoms with Gasteiger partial charge < -0.3 is 25.4 Å². The van der Waals surface area contributed by atoms with E-state index in [4.69, 9.17) is 4.74 Å². The number of carboxylic acid groups (broad SMARTS) is 3. The van der Waals surface area contributed by atoms with Crippen LogP contribution in [0.4, 0.5) is 0 Å². The second-order valence-corrected chi connectivity index (χ2v) is 8.60. The van der Waals surface area contributed by atoms with Crippen LogP contribution >= 0.6 is 0 Å². The summed E-state index contributed by atoms with van der Waals surface area (Å²) in [7, 11) is 0. The Morgan fingerprint density at radius 3 is 1.37 bits per heavy atom. The lowest BCUT2D eigenvalue weighted by molar-refractivity contribution is -0.140. The lowest BCUT2D eigenvalue weighted by Gasteiger charge is -2.32. The molecule has 202 valence electrons. The third kappa shape index (κ3) is 16.1. The third-order valence-electron chi connectivity index (χ3n) is 5.51. The van der Waals surface area contributed by atoms with Crippen LogP contribution in [0.3, 0.4) is 0 Å². The number of rotatable bonds is 14. The minimum atomic E-state index is -0.999. The molecule has 13 heteroatoms. The summed E-state index contributed by atoms with van der Waals surface area (Å²) in [4.78, 5) is 53.4. The smallest absolute Gasteiger partial charge is 0.317 e. The fourth-order valence-electron chi connectivity index (χ4n) is 3.69. The molecule has 0 bridgehead atoms. The van der Waals surface area contributed by atoms with Gasteiger partial charge in [-0.15, -0.1) is 0 Å². The first kappa shape index (κ1) is 30.7. The zero-order valence-electron chi connectivity index (χ0n) is 20.7. The first-order chi connectivity index (χ1) is 16.7. The normalized spacial score (nSPS) is 17.9. The molecule has 4 N–H and O–H groups in total. The molecule has 0 aromatic heterocycles. The number of hydrogen-bond acceptors (Lipinski definition) is 9. The van der Waals surface area contributed by atoms with Crippen LogP contribution in [-0.2, 0) is 23.9 Å². The van der Waals surface area contributed by atoms with Gasteiger partial charge in [0.05, 0.1) is 26.2 Å². The van der Waals surface area contributed by atoms with Gasteiger partial charge in [0.15, 0.2) is 0 Å². The molecule has 0 aromatic carbocycles. The van der Waals surface area contributed by atoms with Gasteiger partial charge in [-0.25, -0.2) is 0 Å². The molecule has 0 unspecified atom stereocenters. The average Bonchev–Trinajstić information content (AvgIpc) is 2.77. The van der Waals surface area contributed by atoms with Crippen LogP contribution in [0.15, 0.2) is 0 Å². The van der Waals surface area contributed by atoms with Crippen molar-refractivity contribution in [3.05, 3.63) is 0 Å². The largest absolute Gasteiger partial charge is 0.480 e. The summed E-state index contributed by atoms with van der Waals surface area (Å²) in [6.07, 6.45) is 1.65. The lowest BCUT2D eigenvalue weighted by atomic mass is 10.3. The molecule has 0 spiro atoms. The summed E-state index contributed by atoms with van der Waals surface area (Å²) < 4.78 is 5.40. The van der Waals surface area contributed by atoms with Gasteiger partial charge in [-0.3, -0.25) is 38.8 Å². The molecule has 0 atom stereocenters. The van der Waals surface area contributed by atoms with Crippen LogP contribution in [0, 0.1) is 0 Å². The molecule has 1 heterocycles. The van der Waals surface area contributed by atoms with Gasteiger partial charge in [0.25, 0.3) is 0 Å². The zero-order valence-corrected chi connectivity index (χ0v) is 20.7. The van der Waals surface area contributed by atoms with E-state index in [1.54, 1.807) is 14.7 Å². The van der Waals surface area contributed by atoms with Crippen molar-refractivity contribution in [3.63, 3.8) is 0 Å². The standard InChI is InChI=1S/C22H41N5O8/c1-2-13-35-14-3-4-23-19(28)15-24-5-7-25(16-20(29)30)9-11-27(18-22(33)34)12-10-26(8-6-24)17-21(31)32/h2-18H2,1H3,(H,23,28)(H,29,30)(H,31,32)(H,33,34). The van der Waals surface area contributed by atoms with Crippen LogP contribution in [0.5, 0.6) is 0 Å². The highest BCUT2D eigenvalue weighted by molar-refractivity contribution is 5.78. The van der Waals surface area contributed by atoms with Gasteiger partial charge in [-0.1, -0.05) is 6.92 Å². The van der Waals surface area contributed by atoms with Crippen molar-refractivity contribution in [1.82, 2.24) is 24.9 Å². The first-order valence-electron chi connectivity index (χ1n) is 12.1. The highest BCUT2D eigenvalue weighted by atomic mass is 16.5. The summed E-state index contributed by atoms with van der Waals surface area (Å²) in [5.41, 5.74) is 0. The van der Waals surface area contributed by atoms with E-state index in [0.717, 1.165) is 6.42 Å². The molecule has 1 aliphatic heterocycles. The van der Waals surface area contributed by atoms with Crippen molar-refractivity contribution >= 4 is 23.8 Å². The van der Waals surface area contributed by atoms with E-state index in [1.165, 1.54) is 0 Å². The van der Waals surface area contributed by atoms with Crippen molar-refractivity contribution in [3.8, 4) is 0 Å².